The summed E-state index contributed by atoms with van der Waals surface area (Å²) in [7, 11) is 3.62. The van der Waals surface area contributed by atoms with Crippen molar-refractivity contribution in [2.24, 2.45) is 7.05 Å². The van der Waals surface area contributed by atoms with Crippen LogP contribution >= 0.6 is 15.9 Å². The van der Waals surface area contributed by atoms with Crippen LogP contribution in [0.4, 0.5) is 10.6 Å². The lowest BCUT2D eigenvalue weighted by Crippen LogP contribution is -2.36. The number of carbonyl (C=O) groups excluding carboxylic acids is 1. The van der Waals surface area contributed by atoms with Gasteiger partial charge in [0.15, 0.2) is 0 Å². The van der Waals surface area contributed by atoms with Crippen molar-refractivity contribution in [2.75, 3.05) is 25.5 Å². The molecule has 1 aromatic carbocycles. The van der Waals surface area contributed by atoms with Gasteiger partial charge in [0.2, 0.25) is 0 Å². The van der Waals surface area contributed by atoms with Gasteiger partial charge in [0.1, 0.15) is 11.4 Å². The van der Waals surface area contributed by atoms with Crippen LogP contribution in [0.3, 0.4) is 0 Å². The molecule has 0 spiro atoms. The zero-order chi connectivity index (χ0) is 17.2. The van der Waals surface area contributed by atoms with Crippen LogP contribution in [-0.4, -0.2) is 46.5 Å². The Morgan fingerprint density at radius 3 is 2.78 bits per heavy atom. The molecule has 0 bridgehead atoms. The van der Waals surface area contributed by atoms with Crippen molar-refractivity contribution in [1.82, 2.24) is 14.7 Å². The molecular weight excluding hydrogens is 360 g/mol. The maximum absolute atomic E-state index is 11.9. The topological polar surface area (TPSA) is 59.4 Å². The normalized spacial score (nSPS) is 11.6. The van der Waals surface area contributed by atoms with E-state index in [0.717, 1.165) is 21.2 Å². The van der Waals surface area contributed by atoms with Crippen molar-refractivity contribution >= 4 is 38.7 Å². The third-order valence-electron chi connectivity index (χ3n) is 3.25. The first-order chi connectivity index (χ1) is 10.7. The molecule has 2 rings (SSSR count). The second-order valence-electron chi connectivity index (χ2n) is 6.43. The summed E-state index contributed by atoms with van der Waals surface area (Å²) in [5.41, 5.74) is 0.437. The average molecular weight is 383 g/mol. The quantitative estimate of drug-likeness (QED) is 0.876. The molecule has 1 N–H and O–H groups in total. The van der Waals surface area contributed by atoms with Crippen molar-refractivity contribution in [1.29, 1.82) is 0 Å². The number of hydrogen-bond acceptors (Lipinski definition) is 4. The Morgan fingerprint density at radius 1 is 1.43 bits per heavy atom. The van der Waals surface area contributed by atoms with Crippen LogP contribution in [0.5, 0.6) is 0 Å². The first kappa shape index (κ1) is 17.6. The van der Waals surface area contributed by atoms with Crippen LogP contribution < -0.4 is 5.32 Å². The molecule has 1 amide bonds. The fourth-order valence-electron chi connectivity index (χ4n) is 2.18. The number of anilines is 1. The van der Waals surface area contributed by atoms with Gasteiger partial charge >= 0.3 is 6.09 Å². The predicted octanol–water partition coefficient (Wildman–Crippen LogP) is 3.61. The number of benzene rings is 1. The molecule has 0 aliphatic carbocycles. The van der Waals surface area contributed by atoms with Gasteiger partial charge in [-0.3, -0.25) is 4.68 Å². The Labute approximate surface area is 144 Å². The highest BCUT2D eigenvalue weighted by Gasteiger charge is 2.19. The van der Waals surface area contributed by atoms with E-state index in [0.29, 0.717) is 13.1 Å². The Bertz CT molecular complexity index is 706. The zero-order valence-corrected chi connectivity index (χ0v) is 15.8. The molecule has 0 fully saturated rings. The lowest BCUT2D eigenvalue weighted by atomic mass is 10.2. The van der Waals surface area contributed by atoms with Crippen LogP contribution in [-0.2, 0) is 11.8 Å². The minimum absolute atomic E-state index is 0.324. The van der Waals surface area contributed by atoms with Crippen molar-refractivity contribution in [2.45, 2.75) is 26.4 Å². The number of fused-ring (bicyclic) bond motifs is 1. The number of halogens is 1. The number of aryl methyl sites for hydroxylation is 1. The van der Waals surface area contributed by atoms with Gasteiger partial charge in [0.05, 0.1) is 10.9 Å². The van der Waals surface area contributed by atoms with Gasteiger partial charge in [0.25, 0.3) is 0 Å². The molecule has 0 aliphatic rings. The molecule has 7 heteroatoms. The average Bonchev–Trinajstić information content (AvgIpc) is 2.74. The van der Waals surface area contributed by atoms with Crippen LogP contribution in [0.1, 0.15) is 20.8 Å². The summed E-state index contributed by atoms with van der Waals surface area (Å²) in [6.07, 6.45) is -0.324. The van der Waals surface area contributed by atoms with E-state index >= 15 is 0 Å². The largest absolute Gasteiger partial charge is 0.444 e. The van der Waals surface area contributed by atoms with Crippen LogP contribution in [0.15, 0.2) is 22.7 Å². The highest BCUT2D eigenvalue weighted by Crippen LogP contribution is 2.29. The molecule has 2 aromatic rings. The van der Waals surface area contributed by atoms with E-state index in [9.17, 15) is 4.79 Å². The van der Waals surface area contributed by atoms with Crippen LogP contribution in [0, 0.1) is 0 Å². The number of aromatic nitrogens is 2. The van der Waals surface area contributed by atoms with E-state index in [1.54, 1.807) is 11.9 Å². The lowest BCUT2D eigenvalue weighted by molar-refractivity contribution is 0.0305. The second-order valence-corrected chi connectivity index (χ2v) is 7.29. The van der Waals surface area contributed by atoms with E-state index in [1.807, 2.05) is 50.7 Å². The zero-order valence-electron chi connectivity index (χ0n) is 14.2. The minimum atomic E-state index is -0.484. The molecule has 0 aliphatic heterocycles. The Kier molecular flexibility index (Phi) is 5.19. The van der Waals surface area contributed by atoms with Gasteiger partial charge in [-0.15, -0.1) is 0 Å². The van der Waals surface area contributed by atoms with E-state index in [-0.39, 0.29) is 6.09 Å². The number of nitrogens with zero attached hydrogens (tertiary/aromatic N) is 3. The van der Waals surface area contributed by atoms with E-state index in [2.05, 4.69) is 26.3 Å². The summed E-state index contributed by atoms with van der Waals surface area (Å²) in [5, 5.41) is 8.86. The molecule has 23 heavy (non-hydrogen) atoms. The third kappa shape index (κ3) is 4.37. The monoisotopic (exact) mass is 382 g/mol. The fraction of sp³-hybridized carbons (Fsp3) is 0.500. The molecule has 0 saturated carbocycles. The van der Waals surface area contributed by atoms with Gasteiger partial charge in [-0.05, 0) is 48.8 Å². The fourth-order valence-corrected chi connectivity index (χ4v) is 2.72. The molecule has 0 atom stereocenters. The highest BCUT2D eigenvalue weighted by molar-refractivity contribution is 9.10. The number of nitrogens with one attached hydrogen (secondary N) is 1. The summed E-state index contributed by atoms with van der Waals surface area (Å²) < 4.78 is 8.13. The van der Waals surface area contributed by atoms with Gasteiger partial charge in [-0.2, -0.15) is 5.10 Å². The van der Waals surface area contributed by atoms with E-state index < -0.39 is 5.60 Å². The van der Waals surface area contributed by atoms with Gasteiger partial charge in [-0.25, -0.2) is 4.79 Å². The van der Waals surface area contributed by atoms with Gasteiger partial charge in [-0.1, -0.05) is 6.07 Å². The number of ether oxygens (including phenoxy) is 1. The summed E-state index contributed by atoms with van der Waals surface area (Å²) in [6, 6.07) is 5.92. The Balaban J connectivity index is 1.99. The molecule has 0 unspecified atom stereocenters. The first-order valence-electron chi connectivity index (χ1n) is 7.48. The number of amides is 1. The number of likely N-dealkylation sites (N-methyl/N-ethyl adjacent to an activating group) is 1. The smallest absolute Gasteiger partial charge is 0.410 e. The van der Waals surface area contributed by atoms with E-state index in [1.165, 1.54) is 0 Å². The Morgan fingerprint density at radius 2 is 2.13 bits per heavy atom. The highest BCUT2D eigenvalue weighted by atomic mass is 79.9. The molecule has 1 aromatic heterocycles. The molecule has 1 heterocycles. The predicted molar refractivity (Wildman–Crippen MR) is 95.8 cm³/mol. The molecule has 6 nitrogen and oxygen atoms in total. The summed E-state index contributed by atoms with van der Waals surface area (Å²) in [6.45, 7) is 6.71. The SMILES string of the molecule is CN(CCNc1c2c(Br)cccc2nn1C)C(=O)OC(C)(C)C. The molecule has 0 radical (unpaired) electrons. The summed E-state index contributed by atoms with van der Waals surface area (Å²) in [4.78, 5) is 13.5. The molecule has 0 saturated heterocycles. The minimum Gasteiger partial charge on any atom is -0.444 e. The maximum Gasteiger partial charge on any atom is 0.410 e. The lowest BCUT2D eigenvalue weighted by Gasteiger charge is -2.24. The Hall–Kier alpha value is -1.76. The van der Waals surface area contributed by atoms with E-state index in [4.69, 9.17) is 4.74 Å². The van der Waals surface area contributed by atoms with Crippen molar-refractivity contribution in [3.8, 4) is 0 Å². The number of carbonyl (C=O) groups is 1. The number of hydrogen-bond donors (Lipinski definition) is 1. The summed E-state index contributed by atoms with van der Waals surface area (Å²) in [5.74, 6) is 0.921. The molecular formula is C16H23BrN4O2. The van der Waals surface area contributed by atoms with Gasteiger partial charge < -0.3 is 15.0 Å². The van der Waals surface area contributed by atoms with Crippen molar-refractivity contribution < 1.29 is 9.53 Å². The number of rotatable bonds is 4. The van der Waals surface area contributed by atoms with Crippen LogP contribution in [0.2, 0.25) is 0 Å². The summed E-state index contributed by atoms with van der Waals surface area (Å²) >= 11 is 3.56. The first-order valence-corrected chi connectivity index (χ1v) is 8.27. The van der Waals surface area contributed by atoms with Crippen molar-refractivity contribution in [3.05, 3.63) is 22.7 Å². The standard InChI is InChI=1S/C16H23BrN4O2/c1-16(2,3)23-15(22)20(4)10-9-18-14-13-11(17)7-6-8-12(13)19-21(14)5/h6-8,18H,9-10H2,1-5H3. The van der Waals surface area contributed by atoms with Crippen molar-refractivity contribution in [3.63, 3.8) is 0 Å². The van der Waals surface area contributed by atoms with Gasteiger partial charge in [0, 0.05) is 31.7 Å². The third-order valence-corrected chi connectivity index (χ3v) is 3.92. The molecule has 126 valence electrons. The maximum atomic E-state index is 11.9. The van der Waals surface area contributed by atoms with Crippen LogP contribution in [0.25, 0.3) is 10.9 Å². The second kappa shape index (κ2) is 6.78.